The van der Waals surface area contributed by atoms with E-state index < -0.39 is 0 Å². The molecule has 1 aromatic carbocycles. The Bertz CT molecular complexity index is 318. The fourth-order valence-corrected chi connectivity index (χ4v) is 2.13. The molecule has 1 saturated carbocycles. The minimum atomic E-state index is -0.0643. The van der Waals surface area contributed by atoms with Gasteiger partial charge in [-0.05, 0) is 60.4 Å². The summed E-state index contributed by atoms with van der Waals surface area (Å²) >= 11 is 1.81. The Morgan fingerprint density at radius 2 is 2.14 bits per heavy atom. The van der Waals surface area contributed by atoms with Crippen LogP contribution in [0.15, 0.2) is 18.2 Å². The molecule has 0 radical (unpaired) electrons. The van der Waals surface area contributed by atoms with E-state index in [9.17, 15) is 4.39 Å². The number of hydrogen-bond acceptors (Lipinski definition) is 1. The molecule has 0 aliphatic heterocycles. The molecule has 1 aromatic rings. The largest absolute Gasteiger partial charge is 0.207 e. The lowest BCUT2D eigenvalue weighted by Crippen LogP contribution is -1.92. The molecule has 0 nitrogen and oxygen atoms in total. The summed E-state index contributed by atoms with van der Waals surface area (Å²) in [5.74, 6) is 1.66. The molecular formula is C12H15FS. The summed E-state index contributed by atoms with van der Waals surface area (Å²) in [6, 6.07) is 5.54. The van der Waals surface area contributed by atoms with Crippen LogP contribution in [0.25, 0.3) is 0 Å². The molecule has 0 amide bonds. The van der Waals surface area contributed by atoms with Crippen LogP contribution < -0.4 is 0 Å². The van der Waals surface area contributed by atoms with E-state index in [2.05, 4.69) is 12.3 Å². The van der Waals surface area contributed by atoms with E-state index in [1.165, 1.54) is 18.4 Å². The highest BCUT2D eigenvalue weighted by molar-refractivity contribution is 7.98. The molecule has 0 spiro atoms. The van der Waals surface area contributed by atoms with Gasteiger partial charge in [0.1, 0.15) is 5.82 Å². The van der Waals surface area contributed by atoms with Crippen molar-refractivity contribution in [2.75, 3.05) is 12.0 Å². The summed E-state index contributed by atoms with van der Waals surface area (Å²) in [7, 11) is 0. The second-order valence-electron chi connectivity index (χ2n) is 3.91. The highest BCUT2D eigenvalue weighted by atomic mass is 32.2. The lowest BCUT2D eigenvalue weighted by Gasteiger charge is -2.04. The van der Waals surface area contributed by atoms with E-state index in [0.29, 0.717) is 5.92 Å². The Labute approximate surface area is 88.9 Å². The Morgan fingerprint density at radius 3 is 2.79 bits per heavy atom. The maximum atomic E-state index is 13.2. The van der Waals surface area contributed by atoms with Crippen molar-refractivity contribution in [2.45, 2.75) is 25.2 Å². The summed E-state index contributed by atoms with van der Waals surface area (Å²) < 4.78 is 13.2. The molecular weight excluding hydrogens is 195 g/mol. The average molecular weight is 210 g/mol. The van der Waals surface area contributed by atoms with Crippen LogP contribution >= 0.6 is 11.8 Å². The summed E-state index contributed by atoms with van der Waals surface area (Å²) in [5, 5.41) is 0. The second-order valence-corrected chi connectivity index (χ2v) is 4.90. The van der Waals surface area contributed by atoms with Gasteiger partial charge >= 0.3 is 0 Å². The van der Waals surface area contributed by atoms with Gasteiger partial charge in [0.15, 0.2) is 0 Å². The van der Waals surface area contributed by atoms with E-state index in [1.54, 1.807) is 12.1 Å². The van der Waals surface area contributed by atoms with Gasteiger partial charge in [-0.25, -0.2) is 4.39 Å². The first-order chi connectivity index (χ1) is 6.79. The van der Waals surface area contributed by atoms with Crippen LogP contribution in [0, 0.1) is 5.82 Å². The average Bonchev–Trinajstić information content (AvgIpc) is 2.97. The first-order valence-electron chi connectivity index (χ1n) is 5.08. The van der Waals surface area contributed by atoms with E-state index in [-0.39, 0.29) is 5.82 Å². The van der Waals surface area contributed by atoms with Crippen molar-refractivity contribution >= 4 is 11.8 Å². The number of hydrogen-bond donors (Lipinski definition) is 0. The fourth-order valence-electron chi connectivity index (χ4n) is 1.69. The van der Waals surface area contributed by atoms with Crippen molar-refractivity contribution in [3.8, 4) is 0 Å². The molecule has 0 bridgehead atoms. The summed E-state index contributed by atoms with van der Waals surface area (Å²) in [5.41, 5.74) is 2.36. The quantitative estimate of drug-likeness (QED) is 0.731. The summed E-state index contributed by atoms with van der Waals surface area (Å²) in [6.45, 7) is 0. The molecule has 2 rings (SSSR count). The SMILES string of the molecule is CSCCc1cc(F)cc(C2CC2)c1. The number of thioether (sulfide) groups is 1. The second kappa shape index (κ2) is 4.35. The monoisotopic (exact) mass is 210 g/mol. The van der Waals surface area contributed by atoms with Crippen LogP contribution in [0.2, 0.25) is 0 Å². The van der Waals surface area contributed by atoms with Gasteiger partial charge < -0.3 is 0 Å². The third-order valence-corrected chi connectivity index (χ3v) is 3.24. The number of halogens is 1. The molecule has 1 aliphatic rings. The molecule has 0 saturated heterocycles. The summed E-state index contributed by atoms with van der Waals surface area (Å²) in [4.78, 5) is 0. The van der Waals surface area contributed by atoms with Gasteiger partial charge in [-0.2, -0.15) is 11.8 Å². The van der Waals surface area contributed by atoms with Crippen LogP contribution in [0.4, 0.5) is 4.39 Å². The Morgan fingerprint density at radius 1 is 1.36 bits per heavy atom. The predicted octanol–water partition coefficient (Wildman–Crippen LogP) is 3.61. The zero-order chi connectivity index (χ0) is 9.97. The maximum Gasteiger partial charge on any atom is 0.123 e. The van der Waals surface area contributed by atoms with Crippen LogP contribution in [-0.4, -0.2) is 12.0 Å². The molecule has 1 aliphatic carbocycles. The van der Waals surface area contributed by atoms with Gasteiger partial charge in [-0.3, -0.25) is 0 Å². The fraction of sp³-hybridized carbons (Fsp3) is 0.500. The van der Waals surface area contributed by atoms with E-state index in [4.69, 9.17) is 0 Å². The minimum absolute atomic E-state index is 0.0643. The number of benzene rings is 1. The number of aryl methyl sites for hydroxylation is 1. The Hall–Kier alpha value is -0.500. The Balaban J connectivity index is 2.13. The van der Waals surface area contributed by atoms with Crippen molar-refractivity contribution in [3.63, 3.8) is 0 Å². The normalized spacial score (nSPS) is 15.9. The van der Waals surface area contributed by atoms with Crippen LogP contribution in [0.5, 0.6) is 0 Å². The van der Waals surface area contributed by atoms with Crippen LogP contribution in [-0.2, 0) is 6.42 Å². The minimum Gasteiger partial charge on any atom is -0.207 e. The first kappa shape index (κ1) is 10.0. The lowest BCUT2D eigenvalue weighted by atomic mass is 10.1. The predicted molar refractivity (Wildman–Crippen MR) is 60.5 cm³/mol. The van der Waals surface area contributed by atoms with E-state index >= 15 is 0 Å². The van der Waals surface area contributed by atoms with Crippen molar-refractivity contribution in [3.05, 3.63) is 35.1 Å². The standard InChI is InChI=1S/C12H15FS/c1-14-5-4-9-6-11(10-2-3-10)8-12(13)7-9/h6-8,10H,2-5H2,1H3. The molecule has 2 heteroatoms. The highest BCUT2D eigenvalue weighted by Crippen LogP contribution is 2.40. The van der Waals surface area contributed by atoms with E-state index in [1.807, 2.05) is 11.8 Å². The Kier molecular flexibility index (Phi) is 3.12. The van der Waals surface area contributed by atoms with E-state index in [0.717, 1.165) is 17.7 Å². The third kappa shape index (κ3) is 2.50. The van der Waals surface area contributed by atoms with Gasteiger partial charge in [0.05, 0.1) is 0 Å². The molecule has 0 atom stereocenters. The molecule has 0 unspecified atom stereocenters. The zero-order valence-corrected chi connectivity index (χ0v) is 9.24. The van der Waals surface area contributed by atoms with Gasteiger partial charge in [-0.1, -0.05) is 6.07 Å². The molecule has 1 fully saturated rings. The smallest absolute Gasteiger partial charge is 0.123 e. The molecule has 76 valence electrons. The molecule has 0 aromatic heterocycles. The zero-order valence-electron chi connectivity index (χ0n) is 8.42. The third-order valence-electron chi connectivity index (χ3n) is 2.62. The van der Waals surface area contributed by atoms with Crippen molar-refractivity contribution in [1.82, 2.24) is 0 Å². The van der Waals surface area contributed by atoms with Gasteiger partial charge in [0.2, 0.25) is 0 Å². The molecule has 0 heterocycles. The van der Waals surface area contributed by atoms with Crippen molar-refractivity contribution in [1.29, 1.82) is 0 Å². The summed E-state index contributed by atoms with van der Waals surface area (Å²) in [6.07, 6.45) is 5.55. The van der Waals surface area contributed by atoms with Crippen molar-refractivity contribution < 1.29 is 4.39 Å². The van der Waals surface area contributed by atoms with Crippen LogP contribution in [0.3, 0.4) is 0 Å². The number of rotatable bonds is 4. The molecule has 14 heavy (non-hydrogen) atoms. The topological polar surface area (TPSA) is 0 Å². The lowest BCUT2D eigenvalue weighted by molar-refractivity contribution is 0.623. The molecule has 0 N–H and O–H groups in total. The van der Waals surface area contributed by atoms with Gasteiger partial charge in [-0.15, -0.1) is 0 Å². The van der Waals surface area contributed by atoms with Crippen molar-refractivity contribution in [2.24, 2.45) is 0 Å². The highest BCUT2D eigenvalue weighted by Gasteiger charge is 2.24. The van der Waals surface area contributed by atoms with Crippen LogP contribution in [0.1, 0.15) is 29.9 Å². The first-order valence-corrected chi connectivity index (χ1v) is 6.47. The maximum absolute atomic E-state index is 13.2. The van der Waals surface area contributed by atoms with Gasteiger partial charge in [0.25, 0.3) is 0 Å². The van der Waals surface area contributed by atoms with Gasteiger partial charge in [0, 0.05) is 0 Å².